The van der Waals surface area contributed by atoms with E-state index in [2.05, 4.69) is 44.1 Å². The number of pyridine rings is 1. The van der Waals surface area contributed by atoms with Gasteiger partial charge in [-0.25, -0.2) is 9.97 Å². The lowest BCUT2D eigenvalue weighted by molar-refractivity contribution is -0.142. The Labute approximate surface area is 164 Å². The Balaban J connectivity index is 0.00000139. The van der Waals surface area contributed by atoms with Gasteiger partial charge in [0.05, 0.1) is 23.0 Å². The number of ether oxygens (including phenoxy) is 1. The van der Waals surface area contributed by atoms with Crippen LogP contribution in [-0.2, 0) is 9.53 Å². The Hall–Kier alpha value is -1.19. The number of rotatable bonds is 7. The average molecular weight is 478 g/mol. The summed E-state index contributed by atoms with van der Waals surface area (Å²) in [4.78, 5) is 26.4. The molecule has 2 rings (SSSR count). The van der Waals surface area contributed by atoms with Crippen LogP contribution in [0.25, 0.3) is 11.4 Å². The zero-order valence-corrected chi connectivity index (χ0v) is 16.8. The first-order chi connectivity index (χ1) is 11.7. The van der Waals surface area contributed by atoms with E-state index in [9.17, 15) is 4.79 Å². The van der Waals surface area contributed by atoms with E-state index in [0.29, 0.717) is 10.9 Å². The van der Waals surface area contributed by atoms with Gasteiger partial charge in [-0.2, -0.15) is 0 Å². The van der Waals surface area contributed by atoms with E-state index in [0.717, 1.165) is 5.69 Å². The number of alkyl halides is 2. The molecule has 0 saturated carbocycles. The summed E-state index contributed by atoms with van der Waals surface area (Å²) in [6, 6.07) is 7.35. The molecule has 0 spiro atoms. The predicted molar refractivity (Wildman–Crippen MR) is 107 cm³/mol. The number of thioether (sulfide) groups is 1. The maximum absolute atomic E-state index is 11.7. The minimum absolute atomic E-state index is 0.104. The largest absolute Gasteiger partial charge is 0.456 e. The Kier molecular flexibility index (Phi) is 10.6. The summed E-state index contributed by atoms with van der Waals surface area (Å²) in [5, 5.41) is 0.487. The average Bonchev–Trinajstić information content (AvgIpc) is 2.67. The van der Waals surface area contributed by atoms with Crippen LogP contribution in [0.1, 0.15) is 0 Å². The Morgan fingerprint density at radius 1 is 1.33 bits per heavy atom. The second-order valence-electron chi connectivity index (χ2n) is 4.15. The number of esters is 1. The lowest BCUT2D eigenvalue weighted by Crippen LogP contribution is -2.18. The van der Waals surface area contributed by atoms with Gasteiger partial charge in [-0.1, -0.05) is 53.1 Å². The van der Waals surface area contributed by atoms with Crippen molar-refractivity contribution in [3.63, 3.8) is 0 Å². The fourth-order valence-corrected chi connectivity index (χ4v) is 2.34. The lowest BCUT2D eigenvalue weighted by Gasteiger charge is -2.10. The fourth-order valence-electron chi connectivity index (χ4n) is 1.54. The zero-order valence-electron chi connectivity index (χ0n) is 13.1. The first-order valence-electron chi connectivity index (χ1n) is 6.86. The van der Waals surface area contributed by atoms with Gasteiger partial charge in [0, 0.05) is 12.4 Å². The Morgan fingerprint density at radius 3 is 2.75 bits per heavy atom. The van der Waals surface area contributed by atoms with Crippen LogP contribution in [0.3, 0.4) is 0 Å². The normalized spacial score (nSPS) is 11.0. The van der Waals surface area contributed by atoms with Crippen LogP contribution in [0.15, 0.2) is 54.5 Å². The molecule has 1 unspecified atom stereocenters. The summed E-state index contributed by atoms with van der Waals surface area (Å²) in [5.41, 5.74) is 1.46. The molecule has 1 atom stereocenters. The van der Waals surface area contributed by atoms with Crippen molar-refractivity contribution in [3.05, 3.63) is 49.3 Å². The summed E-state index contributed by atoms with van der Waals surface area (Å²) in [6.07, 6.45) is 4.35. The molecule has 0 saturated heterocycles. The van der Waals surface area contributed by atoms with Crippen molar-refractivity contribution in [2.24, 2.45) is 0 Å². The number of nitrogens with zero attached hydrogens (tertiary/aromatic N) is 3. The highest BCUT2D eigenvalue weighted by molar-refractivity contribution is 14.1. The van der Waals surface area contributed by atoms with Crippen LogP contribution in [0, 0.1) is 0 Å². The number of carbonyl (C=O) groups is 1. The van der Waals surface area contributed by atoms with Gasteiger partial charge in [0.25, 0.3) is 0 Å². The van der Waals surface area contributed by atoms with Crippen LogP contribution < -0.4 is 0 Å². The van der Waals surface area contributed by atoms with Gasteiger partial charge in [-0.05, 0) is 23.1 Å². The summed E-state index contributed by atoms with van der Waals surface area (Å²) in [5.74, 6) is -0.0965. The quantitative estimate of drug-likeness (QED) is 0.150. The van der Waals surface area contributed by atoms with Gasteiger partial charge in [0.15, 0.2) is 5.16 Å². The van der Waals surface area contributed by atoms with Crippen LogP contribution in [0.4, 0.5) is 0 Å². The molecular weight excluding hydrogens is 461 g/mol. The topological polar surface area (TPSA) is 65.0 Å². The highest BCUT2D eigenvalue weighted by atomic mass is 127. The second kappa shape index (κ2) is 12.2. The van der Waals surface area contributed by atoms with Crippen molar-refractivity contribution in [1.29, 1.82) is 0 Å². The maximum Gasteiger partial charge on any atom is 0.317 e. The van der Waals surface area contributed by atoms with Gasteiger partial charge in [0.2, 0.25) is 0 Å². The molecule has 128 valence electrons. The monoisotopic (exact) mass is 477 g/mol. The molecule has 2 heterocycles. The van der Waals surface area contributed by atoms with Crippen molar-refractivity contribution < 1.29 is 9.53 Å². The fraction of sp³-hybridized carbons (Fsp3) is 0.250. The van der Waals surface area contributed by atoms with E-state index in [1.54, 1.807) is 18.5 Å². The van der Waals surface area contributed by atoms with Crippen molar-refractivity contribution in [1.82, 2.24) is 15.0 Å². The molecule has 24 heavy (non-hydrogen) atoms. The molecule has 0 fully saturated rings. The zero-order chi connectivity index (χ0) is 17.8. The van der Waals surface area contributed by atoms with E-state index < -0.39 is 6.10 Å². The van der Waals surface area contributed by atoms with E-state index in [1.165, 1.54) is 17.8 Å². The SMILES string of the molecule is C=CC(CCl)OC(=O)CSc1nccc(-c2ccccn2)n1.CI. The number of halogens is 2. The smallest absolute Gasteiger partial charge is 0.317 e. The second-order valence-corrected chi connectivity index (χ2v) is 5.40. The molecule has 2 aromatic heterocycles. The summed E-state index contributed by atoms with van der Waals surface area (Å²) in [7, 11) is 0. The lowest BCUT2D eigenvalue weighted by atomic mass is 10.3. The molecule has 0 N–H and O–H groups in total. The number of hydrogen-bond acceptors (Lipinski definition) is 6. The molecule has 0 aliphatic heterocycles. The first-order valence-corrected chi connectivity index (χ1v) is 10.5. The van der Waals surface area contributed by atoms with Crippen molar-refractivity contribution in [2.75, 3.05) is 16.6 Å². The minimum Gasteiger partial charge on any atom is -0.456 e. The standard InChI is InChI=1S/C15H14ClN3O2S.CH3I/c1-2-11(9-16)21-14(20)10-22-15-18-8-6-13(19-15)12-5-3-4-7-17-12;1-2/h2-8,11H,1,9-10H2;1H3. The Bertz CT molecular complexity index is 646. The third-order valence-corrected chi connectivity index (χ3v) is 3.72. The molecule has 8 heteroatoms. The summed E-state index contributed by atoms with van der Waals surface area (Å²) >= 11 is 8.98. The van der Waals surface area contributed by atoms with E-state index in [4.69, 9.17) is 16.3 Å². The molecule has 5 nitrogen and oxygen atoms in total. The molecule has 0 radical (unpaired) electrons. The maximum atomic E-state index is 11.7. The van der Waals surface area contributed by atoms with Crippen LogP contribution >= 0.6 is 46.0 Å². The third-order valence-electron chi connectivity index (χ3n) is 2.58. The van der Waals surface area contributed by atoms with Gasteiger partial charge in [-0.15, -0.1) is 11.6 Å². The van der Waals surface area contributed by atoms with Crippen molar-refractivity contribution in [2.45, 2.75) is 11.3 Å². The first kappa shape index (κ1) is 20.9. The molecule has 0 aliphatic rings. The van der Waals surface area contributed by atoms with Crippen molar-refractivity contribution in [3.8, 4) is 11.4 Å². The Morgan fingerprint density at radius 2 is 2.12 bits per heavy atom. The third kappa shape index (κ3) is 7.14. The van der Waals surface area contributed by atoms with Gasteiger partial charge in [0.1, 0.15) is 6.10 Å². The highest BCUT2D eigenvalue weighted by Crippen LogP contribution is 2.18. The molecule has 0 aliphatic carbocycles. The van der Waals surface area contributed by atoms with E-state index in [-0.39, 0.29) is 17.6 Å². The number of aromatic nitrogens is 3. The van der Waals surface area contributed by atoms with E-state index in [1.807, 2.05) is 23.1 Å². The molecule has 0 bridgehead atoms. The van der Waals surface area contributed by atoms with Gasteiger partial charge < -0.3 is 4.74 Å². The molecule has 0 amide bonds. The summed E-state index contributed by atoms with van der Waals surface area (Å²) in [6.45, 7) is 3.55. The van der Waals surface area contributed by atoms with Gasteiger partial charge in [-0.3, -0.25) is 9.78 Å². The van der Waals surface area contributed by atoms with E-state index >= 15 is 0 Å². The predicted octanol–water partition coefficient (Wildman–Crippen LogP) is 4.02. The highest BCUT2D eigenvalue weighted by Gasteiger charge is 2.12. The van der Waals surface area contributed by atoms with Crippen LogP contribution in [0.2, 0.25) is 0 Å². The molecular formula is C16H17ClIN3O2S. The minimum atomic E-state index is -0.476. The molecule has 2 aromatic rings. The van der Waals surface area contributed by atoms with Crippen LogP contribution in [-0.4, -0.2) is 43.6 Å². The number of hydrogen-bond donors (Lipinski definition) is 0. The van der Waals surface area contributed by atoms with Crippen LogP contribution in [0.5, 0.6) is 0 Å². The van der Waals surface area contributed by atoms with Crippen molar-refractivity contribution >= 4 is 51.9 Å². The van der Waals surface area contributed by atoms with Gasteiger partial charge >= 0.3 is 5.97 Å². The number of carbonyl (C=O) groups excluding carboxylic acids is 1. The molecule has 0 aromatic carbocycles. The summed E-state index contributed by atoms with van der Waals surface area (Å²) < 4.78 is 5.11.